The molecule has 0 fully saturated rings. The molecule has 1 aromatic carbocycles. The number of nitrogens with one attached hydrogen (secondary N) is 2. The van der Waals surface area contributed by atoms with Gasteiger partial charge in [-0.2, -0.15) is 0 Å². The number of cyclic esters (lactones) is 1. The van der Waals surface area contributed by atoms with Gasteiger partial charge >= 0.3 is 12.0 Å². The number of ether oxygens (including phenoxy) is 2. The van der Waals surface area contributed by atoms with Crippen molar-refractivity contribution in [2.75, 3.05) is 33.4 Å². The van der Waals surface area contributed by atoms with Gasteiger partial charge in [0.25, 0.3) is 0 Å². The first-order chi connectivity index (χ1) is 12.1. The van der Waals surface area contributed by atoms with Crippen LogP contribution in [0.25, 0.3) is 0 Å². The fourth-order valence-electron chi connectivity index (χ4n) is 2.87. The Morgan fingerprint density at radius 2 is 2.12 bits per heavy atom. The lowest BCUT2D eigenvalue weighted by Crippen LogP contribution is -2.50. The van der Waals surface area contributed by atoms with Crippen LogP contribution in [0.1, 0.15) is 11.6 Å². The standard InChI is InChI=1S/C17H19N3O5/c1-24-8-7-18-13(21)9-20-12-10-25-16(22)14(12)15(19-17(20)23)11-5-3-2-4-6-11/h2-6,15H,7-10H2,1H3,(H,18,21)(H,19,23)/t15-/m0/s1. The normalized spacial score (nSPS) is 19.4. The minimum Gasteiger partial charge on any atom is -0.456 e. The van der Waals surface area contributed by atoms with Gasteiger partial charge in [0.15, 0.2) is 0 Å². The Labute approximate surface area is 144 Å². The molecule has 0 bridgehead atoms. The topological polar surface area (TPSA) is 97.0 Å². The molecule has 0 saturated carbocycles. The van der Waals surface area contributed by atoms with Gasteiger partial charge in [-0.25, -0.2) is 9.59 Å². The minimum atomic E-state index is -0.577. The number of urea groups is 1. The summed E-state index contributed by atoms with van der Waals surface area (Å²) in [6.07, 6.45) is 0. The molecule has 0 unspecified atom stereocenters. The van der Waals surface area contributed by atoms with Gasteiger partial charge in [0.05, 0.1) is 23.9 Å². The van der Waals surface area contributed by atoms with Crippen molar-refractivity contribution in [2.45, 2.75) is 6.04 Å². The molecule has 0 radical (unpaired) electrons. The highest BCUT2D eigenvalue weighted by atomic mass is 16.5. The highest BCUT2D eigenvalue weighted by Crippen LogP contribution is 2.34. The summed E-state index contributed by atoms with van der Waals surface area (Å²) in [5, 5.41) is 5.43. The van der Waals surface area contributed by atoms with Gasteiger partial charge in [-0.3, -0.25) is 9.69 Å². The number of rotatable bonds is 6. The smallest absolute Gasteiger partial charge is 0.338 e. The molecule has 2 heterocycles. The Morgan fingerprint density at radius 3 is 2.84 bits per heavy atom. The van der Waals surface area contributed by atoms with E-state index in [1.807, 2.05) is 30.3 Å². The Morgan fingerprint density at radius 1 is 1.36 bits per heavy atom. The van der Waals surface area contributed by atoms with Crippen LogP contribution in [0.4, 0.5) is 4.79 Å². The Hall–Kier alpha value is -2.87. The van der Waals surface area contributed by atoms with Crippen molar-refractivity contribution in [3.63, 3.8) is 0 Å². The second-order valence-electron chi connectivity index (χ2n) is 5.66. The van der Waals surface area contributed by atoms with Crippen molar-refractivity contribution in [2.24, 2.45) is 0 Å². The molecule has 0 spiro atoms. The summed E-state index contributed by atoms with van der Waals surface area (Å²) in [6, 6.07) is 8.16. The van der Waals surface area contributed by atoms with Crippen molar-refractivity contribution in [3.05, 3.63) is 47.2 Å². The third-order valence-corrected chi connectivity index (χ3v) is 4.06. The number of amides is 3. The molecule has 1 aromatic rings. The van der Waals surface area contributed by atoms with Gasteiger partial charge in [-0.1, -0.05) is 30.3 Å². The summed E-state index contributed by atoms with van der Waals surface area (Å²) in [5.41, 5.74) is 1.59. The fraction of sp³-hybridized carbons (Fsp3) is 0.353. The Bertz CT molecular complexity index is 716. The van der Waals surface area contributed by atoms with Crippen molar-refractivity contribution >= 4 is 17.9 Å². The number of esters is 1. The number of hydrogen-bond acceptors (Lipinski definition) is 5. The zero-order chi connectivity index (χ0) is 17.8. The molecule has 2 aliphatic rings. The minimum absolute atomic E-state index is 0.0176. The van der Waals surface area contributed by atoms with Gasteiger partial charge in [0.2, 0.25) is 5.91 Å². The molecule has 0 aromatic heterocycles. The molecule has 2 N–H and O–H groups in total. The van der Waals surface area contributed by atoms with Crippen LogP contribution in [0.5, 0.6) is 0 Å². The van der Waals surface area contributed by atoms with Crippen molar-refractivity contribution < 1.29 is 23.9 Å². The van der Waals surface area contributed by atoms with E-state index in [0.717, 1.165) is 5.56 Å². The van der Waals surface area contributed by atoms with E-state index in [2.05, 4.69) is 10.6 Å². The first kappa shape index (κ1) is 17.0. The summed E-state index contributed by atoms with van der Waals surface area (Å²) in [5.74, 6) is -0.815. The summed E-state index contributed by atoms with van der Waals surface area (Å²) in [6.45, 7) is 0.519. The van der Waals surface area contributed by atoms with Gasteiger partial charge in [-0.15, -0.1) is 0 Å². The van der Waals surface area contributed by atoms with E-state index in [4.69, 9.17) is 9.47 Å². The molecule has 2 aliphatic heterocycles. The maximum absolute atomic E-state index is 12.5. The van der Waals surface area contributed by atoms with Gasteiger partial charge in [0, 0.05) is 13.7 Å². The number of nitrogens with zero attached hydrogens (tertiary/aromatic N) is 1. The molecule has 0 saturated heterocycles. The molecule has 3 amide bonds. The number of carbonyl (C=O) groups is 3. The maximum atomic E-state index is 12.5. The quantitative estimate of drug-likeness (QED) is 0.572. The van der Waals surface area contributed by atoms with E-state index in [1.54, 1.807) is 0 Å². The molecular weight excluding hydrogens is 326 g/mol. The Kier molecular flexibility index (Phi) is 4.99. The second kappa shape index (κ2) is 7.35. The van der Waals surface area contributed by atoms with Gasteiger partial charge in [-0.05, 0) is 5.56 Å². The van der Waals surface area contributed by atoms with E-state index in [0.29, 0.717) is 24.4 Å². The molecule has 1 atom stereocenters. The summed E-state index contributed by atoms with van der Waals surface area (Å²) < 4.78 is 9.98. The third kappa shape index (κ3) is 3.48. The zero-order valence-corrected chi connectivity index (χ0v) is 13.8. The summed E-state index contributed by atoms with van der Waals surface area (Å²) >= 11 is 0. The van der Waals surface area contributed by atoms with Crippen LogP contribution >= 0.6 is 0 Å². The van der Waals surface area contributed by atoms with Gasteiger partial charge < -0.3 is 20.1 Å². The van der Waals surface area contributed by atoms with E-state index >= 15 is 0 Å². The fourth-order valence-corrected chi connectivity index (χ4v) is 2.87. The first-order valence-corrected chi connectivity index (χ1v) is 7.90. The SMILES string of the molecule is COCCNC(=O)CN1C(=O)N[C@@H](c2ccccc2)C2=C1COC2=O. The van der Waals surface area contributed by atoms with E-state index in [1.165, 1.54) is 12.0 Å². The van der Waals surface area contributed by atoms with Crippen molar-refractivity contribution in [1.82, 2.24) is 15.5 Å². The van der Waals surface area contributed by atoms with Crippen LogP contribution in [0.2, 0.25) is 0 Å². The lowest BCUT2D eigenvalue weighted by atomic mass is 9.96. The number of carbonyl (C=O) groups excluding carboxylic acids is 3. The highest BCUT2D eigenvalue weighted by Gasteiger charge is 2.42. The lowest BCUT2D eigenvalue weighted by Gasteiger charge is -2.32. The largest absolute Gasteiger partial charge is 0.456 e. The zero-order valence-electron chi connectivity index (χ0n) is 13.8. The predicted octanol–water partition coefficient (Wildman–Crippen LogP) is 0.326. The maximum Gasteiger partial charge on any atom is 0.338 e. The van der Waals surface area contributed by atoms with Gasteiger partial charge in [0.1, 0.15) is 13.2 Å². The van der Waals surface area contributed by atoms with Crippen LogP contribution < -0.4 is 10.6 Å². The Balaban J connectivity index is 1.83. The molecule has 8 heteroatoms. The van der Waals surface area contributed by atoms with Crippen LogP contribution in [-0.4, -0.2) is 56.2 Å². The predicted molar refractivity (Wildman–Crippen MR) is 87.3 cm³/mol. The molecular formula is C17H19N3O5. The third-order valence-electron chi connectivity index (χ3n) is 4.06. The molecule has 0 aliphatic carbocycles. The van der Waals surface area contributed by atoms with Crippen LogP contribution in [0, 0.1) is 0 Å². The van der Waals surface area contributed by atoms with Crippen molar-refractivity contribution in [3.8, 4) is 0 Å². The van der Waals surface area contributed by atoms with E-state index in [9.17, 15) is 14.4 Å². The average molecular weight is 345 g/mol. The second-order valence-corrected chi connectivity index (χ2v) is 5.66. The average Bonchev–Trinajstić information content (AvgIpc) is 3.00. The van der Waals surface area contributed by atoms with E-state index in [-0.39, 0.29) is 19.1 Å². The highest BCUT2D eigenvalue weighted by molar-refractivity contribution is 5.98. The monoisotopic (exact) mass is 345 g/mol. The number of benzene rings is 1. The van der Waals surface area contributed by atoms with Crippen LogP contribution in [0.3, 0.4) is 0 Å². The lowest BCUT2D eigenvalue weighted by molar-refractivity contribution is -0.136. The van der Waals surface area contributed by atoms with E-state index < -0.39 is 18.0 Å². The van der Waals surface area contributed by atoms with Crippen molar-refractivity contribution in [1.29, 1.82) is 0 Å². The molecule has 25 heavy (non-hydrogen) atoms. The number of hydrogen-bond donors (Lipinski definition) is 2. The summed E-state index contributed by atoms with van der Waals surface area (Å²) in [4.78, 5) is 37.9. The molecule has 8 nitrogen and oxygen atoms in total. The molecule has 132 valence electrons. The summed E-state index contributed by atoms with van der Waals surface area (Å²) in [7, 11) is 1.53. The van der Waals surface area contributed by atoms with Crippen LogP contribution in [-0.2, 0) is 19.1 Å². The first-order valence-electron chi connectivity index (χ1n) is 7.90. The number of methoxy groups -OCH3 is 1. The molecule has 3 rings (SSSR count). The van der Waals surface area contributed by atoms with Crippen LogP contribution in [0.15, 0.2) is 41.6 Å².